The van der Waals surface area contributed by atoms with Crippen LogP contribution < -0.4 is 10.2 Å². The molecule has 6 aromatic rings. The lowest BCUT2D eigenvalue weighted by molar-refractivity contribution is -0.124. The van der Waals surface area contributed by atoms with Gasteiger partial charge in [0, 0.05) is 45.6 Å². The number of anilines is 1. The van der Waals surface area contributed by atoms with Crippen LogP contribution in [0.2, 0.25) is 0 Å². The second-order valence-electron chi connectivity index (χ2n) is 11.5. The molecule has 0 radical (unpaired) electrons. The minimum atomic E-state index is -1.45. The van der Waals surface area contributed by atoms with Crippen molar-refractivity contribution in [2.45, 2.75) is 36.8 Å². The molecule has 1 unspecified atom stereocenters. The Morgan fingerprint density at radius 2 is 1.60 bits per heavy atom. The summed E-state index contributed by atoms with van der Waals surface area (Å²) in [5.41, 5.74) is 2.95. The third-order valence-corrected chi connectivity index (χ3v) is 9.07. The van der Waals surface area contributed by atoms with Crippen LogP contribution in [0, 0.1) is 0 Å². The Morgan fingerprint density at radius 1 is 0.894 bits per heavy atom. The number of furan rings is 1. The molecule has 0 bridgehead atoms. The highest BCUT2D eigenvalue weighted by Gasteiger charge is 2.40. The van der Waals surface area contributed by atoms with E-state index in [0.717, 1.165) is 21.9 Å². The quantitative estimate of drug-likeness (QED) is 0.113. The van der Waals surface area contributed by atoms with Gasteiger partial charge in [0.2, 0.25) is 0 Å². The molecule has 0 spiro atoms. The fourth-order valence-electron chi connectivity index (χ4n) is 5.94. The van der Waals surface area contributed by atoms with Crippen molar-refractivity contribution in [3.8, 4) is 0 Å². The van der Waals surface area contributed by atoms with E-state index in [9.17, 15) is 14.4 Å². The van der Waals surface area contributed by atoms with E-state index < -0.39 is 11.6 Å². The topological polar surface area (TPSA) is 93.8 Å². The summed E-state index contributed by atoms with van der Waals surface area (Å²) in [4.78, 5) is 43.5. The summed E-state index contributed by atoms with van der Waals surface area (Å²) in [7, 11) is 0. The van der Waals surface area contributed by atoms with Gasteiger partial charge in [-0.3, -0.25) is 14.2 Å². The number of carbonyl (C=O) groups is 3. The molecule has 6 rings (SSSR count). The van der Waals surface area contributed by atoms with E-state index in [4.69, 9.17) is 9.15 Å². The molecule has 0 aliphatic carbocycles. The van der Waals surface area contributed by atoms with Gasteiger partial charge in [-0.15, -0.1) is 0 Å². The molecule has 0 saturated carbocycles. The molecule has 1 N–H and O–H groups in total. The average Bonchev–Trinajstić information content (AvgIpc) is 3.69. The maximum absolute atomic E-state index is 14.5. The molecule has 2 heterocycles. The smallest absolute Gasteiger partial charge is 0.408 e. The van der Waals surface area contributed by atoms with Crippen LogP contribution in [0.1, 0.15) is 41.1 Å². The lowest BCUT2D eigenvalue weighted by Gasteiger charge is -2.34. The third-order valence-electron chi connectivity index (χ3n) is 8.25. The van der Waals surface area contributed by atoms with Crippen molar-refractivity contribution >= 4 is 68.1 Å². The van der Waals surface area contributed by atoms with E-state index in [-0.39, 0.29) is 24.8 Å². The van der Waals surface area contributed by atoms with Gasteiger partial charge in [-0.05, 0) is 61.4 Å². The van der Waals surface area contributed by atoms with E-state index in [2.05, 4.69) is 27.9 Å². The van der Waals surface area contributed by atoms with Crippen molar-refractivity contribution in [3.63, 3.8) is 0 Å². The van der Waals surface area contributed by atoms with Crippen LogP contribution in [0.25, 0.3) is 21.9 Å². The number of hydrogen-bond donors (Lipinski definition) is 1. The summed E-state index contributed by atoms with van der Waals surface area (Å²) in [6.07, 6.45) is 1.12. The molecule has 4 aromatic carbocycles. The Kier molecular flexibility index (Phi) is 9.44. The lowest BCUT2D eigenvalue weighted by atomic mass is 9.90. The number of alkyl halides is 1. The molecule has 238 valence electrons. The number of likely N-dealkylation sites (N-methyl/N-ethyl adjacent to an activating group) is 1. The first kappa shape index (κ1) is 32.1. The highest BCUT2D eigenvalue weighted by atomic mass is 127. The summed E-state index contributed by atoms with van der Waals surface area (Å²) >= 11 is 2.26. The van der Waals surface area contributed by atoms with Crippen molar-refractivity contribution in [3.05, 3.63) is 138 Å². The summed E-state index contributed by atoms with van der Waals surface area (Å²) in [5, 5.41) is 4.61. The normalized spacial score (nSPS) is 12.5. The largest absolute Gasteiger partial charge is 0.457 e. The van der Waals surface area contributed by atoms with Crippen LogP contribution in [0.5, 0.6) is 0 Å². The lowest BCUT2D eigenvalue weighted by Crippen LogP contribution is -2.59. The standard InChI is InChI=1S/C38H34IN3O5/c1-3-41(29-15-5-4-6-16-29)36(44)38(2,40-37(45)46-25-30-21-26-13-8-12-20-34(26)47-30)22-28-24-42(33-19-11-10-17-31(28)33)35(43)32-18-9-7-14-27(32)23-39/h4-21,24H,3,22-23,25H2,1-2H3,(H,40,45). The minimum Gasteiger partial charge on any atom is -0.457 e. The van der Waals surface area contributed by atoms with E-state index in [1.807, 2.05) is 116 Å². The average molecular weight is 740 g/mol. The zero-order valence-corrected chi connectivity index (χ0v) is 28.3. The van der Waals surface area contributed by atoms with Crippen LogP contribution >= 0.6 is 22.6 Å². The van der Waals surface area contributed by atoms with E-state index in [1.54, 1.807) is 22.6 Å². The number of para-hydroxylation sites is 3. The van der Waals surface area contributed by atoms with Crippen LogP contribution in [-0.2, 0) is 27.0 Å². The summed E-state index contributed by atoms with van der Waals surface area (Å²) < 4.78 is 13.7. The number of nitrogens with zero attached hydrogens (tertiary/aromatic N) is 2. The Morgan fingerprint density at radius 3 is 2.36 bits per heavy atom. The van der Waals surface area contributed by atoms with Crippen LogP contribution in [0.3, 0.4) is 0 Å². The molecule has 2 amide bonds. The molecule has 8 nitrogen and oxygen atoms in total. The van der Waals surface area contributed by atoms with Crippen LogP contribution in [0.15, 0.2) is 120 Å². The van der Waals surface area contributed by atoms with Gasteiger partial charge in [0.05, 0.1) is 5.52 Å². The molecule has 47 heavy (non-hydrogen) atoms. The summed E-state index contributed by atoms with van der Waals surface area (Å²) in [6.45, 7) is 3.86. The monoisotopic (exact) mass is 739 g/mol. The number of benzene rings is 4. The third kappa shape index (κ3) is 6.66. The van der Waals surface area contributed by atoms with Gasteiger partial charge in [-0.1, -0.05) is 95.4 Å². The Bertz CT molecular complexity index is 2040. The van der Waals surface area contributed by atoms with E-state index in [1.165, 1.54) is 0 Å². The fraction of sp³-hybridized carbons (Fsp3) is 0.184. The number of aromatic nitrogens is 1. The number of halogens is 1. The SMILES string of the molecule is CCN(C(=O)C(C)(Cc1cn(C(=O)c2ccccc2CI)c2ccccc12)NC(=O)OCc1cc2ccccc2o1)c1ccccc1. The number of alkyl carbamates (subject to hydrolysis) is 1. The zero-order chi connectivity index (χ0) is 33.0. The van der Waals surface area contributed by atoms with Crippen molar-refractivity contribution in [1.29, 1.82) is 0 Å². The highest BCUT2D eigenvalue weighted by molar-refractivity contribution is 14.1. The molecule has 1 atom stereocenters. The zero-order valence-electron chi connectivity index (χ0n) is 26.1. The van der Waals surface area contributed by atoms with Crippen molar-refractivity contribution in [2.75, 3.05) is 11.4 Å². The molecule has 2 aromatic heterocycles. The minimum absolute atomic E-state index is 0.101. The van der Waals surface area contributed by atoms with Gasteiger partial charge in [-0.2, -0.15) is 0 Å². The second-order valence-corrected chi connectivity index (χ2v) is 12.2. The van der Waals surface area contributed by atoms with E-state index in [0.29, 0.717) is 39.1 Å². The van der Waals surface area contributed by atoms with E-state index >= 15 is 0 Å². The maximum atomic E-state index is 14.5. The first-order chi connectivity index (χ1) is 22.8. The van der Waals surface area contributed by atoms with Gasteiger partial charge in [0.25, 0.3) is 11.8 Å². The molecule has 0 aliphatic rings. The molecule has 0 aliphatic heterocycles. The van der Waals surface area contributed by atoms with Crippen LogP contribution in [0.4, 0.5) is 10.5 Å². The summed E-state index contributed by atoms with van der Waals surface area (Å²) in [6, 6.07) is 33.9. The highest BCUT2D eigenvalue weighted by Crippen LogP contribution is 2.29. The van der Waals surface area contributed by atoms with Gasteiger partial charge in [-0.25, -0.2) is 4.79 Å². The molecule has 9 heteroatoms. The molecule has 0 fully saturated rings. The van der Waals surface area contributed by atoms with Crippen molar-refractivity contribution < 1.29 is 23.5 Å². The number of rotatable bonds is 10. The number of nitrogens with one attached hydrogen (secondary N) is 1. The molecular formula is C38H34IN3O5. The Balaban J connectivity index is 1.35. The first-order valence-electron chi connectivity index (χ1n) is 15.4. The number of amides is 2. The second kappa shape index (κ2) is 13.8. The fourth-order valence-corrected chi connectivity index (χ4v) is 6.61. The molecular weight excluding hydrogens is 705 g/mol. The molecule has 0 saturated heterocycles. The number of fused-ring (bicyclic) bond motifs is 2. The van der Waals surface area contributed by atoms with Crippen molar-refractivity contribution in [1.82, 2.24) is 9.88 Å². The summed E-state index contributed by atoms with van der Waals surface area (Å²) in [5.74, 6) is 0.0120. The first-order valence-corrected chi connectivity index (χ1v) is 16.9. The number of ether oxygens (including phenoxy) is 1. The predicted molar refractivity (Wildman–Crippen MR) is 192 cm³/mol. The van der Waals surface area contributed by atoms with Gasteiger partial charge < -0.3 is 19.4 Å². The maximum Gasteiger partial charge on any atom is 0.408 e. The van der Waals surface area contributed by atoms with Crippen molar-refractivity contribution in [2.24, 2.45) is 0 Å². The Labute approximate surface area is 286 Å². The predicted octanol–water partition coefficient (Wildman–Crippen LogP) is 8.29. The number of hydrogen-bond acceptors (Lipinski definition) is 5. The van der Waals surface area contributed by atoms with Gasteiger partial charge >= 0.3 is 6.09 Å². The Hall–Kier alpha value is -4.90. The number of carbonyl (C=O) groups excluding carboxylic acids is 3. The van der Waals surface area contributed by atoms with Crippen LogP contribution in [-0.4, -0.2) is 34.6 Å². The van der Waals surface area contributed by atoms with Gasteiger partial charge in [0.15, 0.2) is 6.61 Å². The van der Waals surface area contributed by atoms with Gasteiger partial charge in [0.1, 0.15) is 16.9 Å².